The van der Waals surface area contributed by atoms with E-state index < -0.39 is 0 Å². The number of carbonyl (C=O) groups is 1. The van der Waals surface area contributed by atoms with Crippen LogP contribution in [0.2, 0.25) is 5.02 Å². The van der Waals surface area contributed by atoms with E-state index in [9.17, 15) is 4.79 Å². The lowest BCUT2D eigenvalue weighted by Gasteiger charge is -2.37. The Balaban J connectivity index is 1.84. The van der Waals surface area contributed by atoms with Gasteiger partial charge in [0, 0.05) is 23.3 Å². The molecule has 5 heteroatoms. The van der Waals surface area contributed by atoms with Crippen LogP contribution in [0.25, 0.3) is 0 Å². The molecule has 0 aromatic heterocycles. The summed E-state index contributed by atoms with van der Waals surface area (Å²) in [7, 11) is 4.15. The Bertz CT molecular complexity index is 700. The summed E-state index contributed by atoms with van der Waals surface area (Å²) in [6.07, 6.45) is 0.915. The van der Waals surface area contributed by atoms with E-state index in [2.05, 4.69) is 30.4 Å². The van der Waals surface area contributed by atoms with Gasteiger partial charge in [0.25, 0.3) is 0 Å². The maximum atomic E-state index is 12.7. The molecule has 1 aliphatic heterocycles. The average Bonchev–Trinajstić information content (AvgIpc) is 2.55. The lowest BCUT2D eigenvalue weighted by molar-refractivity contribution is 0.250. The number of urea groups is 1. The molecule has 3 rings (SSSR count). The van der Waals surface area contributed by atoms with Gasteiger partial charge in [-0.05, 0) is 56.4 Å². The Morgan fingerprint density at radius 3 is 2.57 bits per heavy atom. The van der Waals surface area contributed by atoms with Gasteiger partial charge in [-0.15, -0.1) is 0 Å². The van der Waals surface area contributed by atoms with Gasteiger partial charge < -0.3 is 10.2 Å². The first-order valence-electron chi connectivity index (χ1n) is 7.65. The van der Waals surface area contributed by atoms with Crippen molar-refractivity contribution in [2.45, 2.75) is 12.5 Å². The molecule has 0 spiro atoms. The smallest absolute Gasteiger partial charge is 0.308 e. The highest BCUT2D eigenvalue weighted by atomic mass is 35.5. The number of fused-ring (bicyclic) bond motifs is 1. The van der Waals surface area contributed by atoms with Gasteiger partial charge in [0.2, 0.25) is 0 Å². The summed E-state index contributed by atoms with van der Waals surface area (Å²) in [4.78, 5) is 16.7. The number of carbonyl (C=O) groups excluding carboxylic acids is 1. The minimum atomic E-state index is -0.114. The van der Waals surface area contributed by atoms with E-state index in [-0.39, 0.29) is 6.03 Å². The quantitative estimate of drug-likeness (QED) is 0.887. The van der Waals surface area contributed by atoms with Crippen molar-refractivity contribution in [3.05, 3.63) is 59.1 Å². The molecule has 0 saturated heterocycles. The summed E-state index contributed by atoms with van der Waals surface area (Å²) in [5.41, 5.74) is 2.91. The van der Waals surface area contributed by atoms with Crippen LogP contribution in [0.15, 0.2) is 48.5 Å². The number of hydrogen-bond donors (Lipinski definition) is 1. The molecule has 2 aromatic rings. The molecule has 0 radical (unpaired) electrons. The zero-order valence-electron chi connectivity index (χ0n) is 13.3. The second kappa shape index (κ2) is 6.60. The van der Waals surface area contributed by atoms with Crippen molar-refractivity contribution in [1.82, 2.24) is 4.90 Å². The third-order valence-electron chi connectivity index (χ3n) is 4.18. The SMILES string of the molecule is CN(C)C1CCN(C(=O)Nc2ccc(Cl)cc2)c2ccccc21. The maximum Gasteiger partial charge on any atom is 0.326 e. The maximum absolute atomic E-state index is 12.7. The summed E-state index contributed by atoms with van der Waals surface area (Å²) >= 11 is 5.88. The van der Waals surface area contributed by atoms with E-state index in [1.165, 1.54) is 5.56 Å². The van der Waals surface area contributed by atoms with E-state index >= 15 is 0 Å². The van der Waals surface area contributed by atoms with Crippen molar-refractivity contribution in [2.75, 3.05) is 30.9 Å². The average molecular weight is 330 g/mol. The van der Waals surface area contributed by atoms with Gasteiger partial charge in [0.05, 0.1) is 5.69 Å². The molecule has 0 aliphatic carbocycles. The fourth-order valence-electron chi connectivity index (χ4n) is 3.01. The molecule has 1 aliphatic rings. The number of hydrogen-bond acceptors (Lipinski definition) is 2. The number of halogens is 1. The van der Waals surface area contributed by atoms with Crippen LogP contribution in [-0.4, -0.2) is 31.6 Å². The monoisotopic (exact) mass is 329 g/mol. The third-order valence-corrected chi connectivity index (χ3v) is 4.43. The molecule has 1 heterocycles. The van der Waals surface area contributed by atoms with Crippen molar-refractivity contribution in [2.24, 2.45) is 0 Å². The van der Waals surface area contributed by atoms with E-state index in [4.69, 9.17) is 11.6 Å². The Morgan fingerprint density at radius 1 is 1.17 bits per heavy atom. The molecule has 0 fully saturated rings. The molecule has 2 amide bonds. The van der Waals surface area contributed by atoms with Gasteiger partial charge in [0.1, 0.15) is 0 Å². The molecule has 23 heavy (non-hydrogen) atoms. The number of nitrogens with zero attached hydrogens (tertiary/aromatic N) is 2. The molecule has 1 N–H and O–H groups in total. The van der Waals surface area contributed by atoms with Gasteiger partial charge >= 0.3 is 6.03 Å². The normalized spacial score (nSPS) is 17.0. The van der Waals surface area contributed by atoms with Crippen LogP contribution in [0.4, 0.5) is 16.2 Å². The highest BCUT2D eigenvalue weighted by Gasteiger charge is 2.29. The summed E-state index contributed by atoms with van der Waals surface area (Å²) in [6, 6.07) is 15.5. The van der Waals surface area contributed by atoms with Gasteiger partial charge in [-0.25, -0.2) is 4.79 Å². The first-order valence-corrected chi connectivity index (χ1v) is 8.03. The van der Waals surface area contributed by atoms with Crippen LogP contribution in [0.1, 0.15) is 18.0 Å². The third kappa shape index (κ3) is 3.33. The first-order chi connectivity index (χ1) is 11.1. The van der Waals surface area contributed by atoms with E-state index in [1.807, 2.05) is 23.1 Å². The van der Waals surface area contributed by atoms with Crippen LogP contribution in [0, 0.1) is 0 Å². The Hall–Kier alpha value is -2.04. The van der Waals surface area contributed by atoms with E-state index in [0.717, 1.165) is 17.8 Å². The summed E-state index contributed by atoms with van der Waals surface area (Å²) in [6.45, 7) is 0.694. The van der Waals surface area contributed by atoms with Gasteiger partial charge in [-0.2, -0.15) is 0 Å². The number of rotatable bonds is 2. The second-order valence-corrected chi connectivity index (χ2v) is 6.35. The van der Waals surface area contributed by atoms with E-state index in [1.54, 1.807) is 24.3 Å². The molecule has 4 nitrogen and oxygen atoms in total. The Labute approximate surface area is 141 Å². The van der Waals surface area contributed by atoms with Gasteiger partial charge in [0.15, 0.2) is 0 Å². The lowest BCUT2D eigenvalue weighted by atomic mass is 9.96. The highest BCUT2D eigenvalue weighted by molar-refractivity contribution is 6.30. The summed E-state index contributed by atoms with van der Waals surface area (Å²) < 4.78 is 0. The number of amides is 2. The molecule has 1 unspecified atom stereocenters. The van der Waals surface area contributed by atoms with Crippen LogP contribution in [0.5, 0.6) is 0 Å². The Kier molecular flexibility index (Phi) is 4.55. The number of nitrogens with one attached hydrogen (secondary N) is 1. The van der Waals surface area contributed by atoms with E-state index in [0.29, 0.717) is 17.6 Å². The standard InChI is InChI=1S/C18H20ClN3O/c1-21(2)16-11-12-22(17-6-4-3-5-15(16)17)18(23)20-14-9-7-13(19)8-10-14/h3-10,16H,11-12H2,1-2H3,(H,20,23). The minimum Gasteiger partial charge on any atom is -0.308 e. The van der Waals surface area contributed by atoms with Crippen LogP contribution in [-0.2, 0) is 0 Å². The van der Waals surface area contributed by atoms with Crippen molar-refractivity contribution in [3.8, 4) is 0 Å². The number of anilines is 2. The van der Waals surface area contributed by atoms with Crippen molar-refractivity contribution in [3.63, 3.8) is 0 Å². The predicted molar refractivity (Wildman–Crippen MR) is 95.3 cm³/mol. The van der Waals surface area contributed by atoms with Crippen molar-refractivity contribution < 1.29 is 4.79 Å². The Morgan fingerprint density at radius 2 is 1.87 bits per heavy atom. The molecule has 0 bridgehead atoms. The molecular formula is C18H20ClN3O. The molecule has 120 valence electrons. The second-order valence-electron chi connectivity index (χ2n) is 5.92. The van der Waals surface area contributed by atoms with Crippen molar-refractivity contribution in [1.29, 1.82) is 0 Å². The van der Waals surface area contributed by atoms with Crippen LogP contribution in [0.3, 0.4) is 0 Å². The lowest BCUT2D eigenvalue weighted by Crippen LogP contribution is -2.41. The fraction of sp³-hybridized carbons (Fsp3) is 0.278. The van der Waals surface area contributed by atoms with Gasteiger partial charge in [-0.1, -0.05) is 29.8 Å². The zero-order chi connectivity index (χ0) is 16.4. The number of benzene rings is 2. The van der Waals surface area contributed by atoms with Crippen LogP contribution >= 0.6 is 11.6 Å². The summed E-state index contributed by atoms with van der Waals surface area (Å²) in [5.74, 6) is 0. The number of para-hydroxylation sites is 1. The zero-order valence-corrected chi connectivity index (χ0v) is 14.0. The summed E-state index contributed by atoms with van der Waals surface area (Å²) in [5, 5.41) is 3.59. The first kappa shape index (κ1) is 15.8. The minimum absolute atomic E-state index is 0.114. The van der Waals surface area contributed by atoms with Crippen molar-refractivity contribution >= 4 is 29.0 Å². The molecule has 0 saturated carbocycles. The highest BCUT2D eigenvalue weighted by Crippen LogP contribution is 2.36. The topological polar surface area (TPSA) is 35.6 Å². The fourth-order valence-corrected chi connectivity index (χ4v) is 3.14. The molecule has 1 atom stereocenters. The predicted octanol–water partition coefficient (Wildman–Crippen LogP) is 4.38. The van der Waals surface area contributed by atoms with Crippen LogP contribution < -0.4 is 10.2 Å². The molecule has 2 aromatic carbocycles. The molecular weight excluding hydrogens is 310 g/mol. The largest absolute Gasteiger partial charge is 0.326 e. The van der Waals surface area contributed by atoms with Gasteiger partial charge in [-0.3, -0.25) is 4.90 Å².